The van der Waals surface area contributed by atoms with Gasteiger partial charge in [0.05, 0.1) is 11.5 Å². The number of anilines is 1. The fraction of sp³-hybridized carbons (Fsp3) is 0.0769. The number of rotatable bonds is 4. The molecule has 106 valence electrons. The minimum Gasteiger partial charge on any atom is -0.423 e. The minimum atomic E-state index is -0.885. The van der Waals surface area contributed by atoms with Crippen LogP contribution in [0.4, 0.5) is 11.4 Å². The third-order valence-corrected chi connectivity index (χ3v) is 3.95. The molecule has 0 amide bonds. The molecule has 1 heterocycles. The second kappa shape index (κ2) is 5.76. The van der Waals surface area contributed by atoms with Crippen molar-refractivity contribution in [2.24, 2.45) is 0 Å². The first-order chi connectivity index (χ1) is 10.1. The van der Waals surface area contributed by atoms with Crippen LogP contribution in [0.15, 0.2) is 47.4 Å². The van der Waals surface area contributed by atoms with Gasteiger partial charge in [-0.05, 0) is 41.2 Å². The minimum absolute atomic E-state index is 0.0552. The standard InChI is InChI=1S/C13H11BN2O4S/c17-14-13-6-10(5-4-9(13)8-20-14)15-21-12-3-1-2-11(7-12)16(18)19/h1-7,15,17H,8H2. The highest BCUT2D eigenvalue weighted by Gasteiger charge is 2.27. The third kappa shape index (κ3) is 3.02. The van der Waals surface area contributed by atoms with Crippen molar-refractivity contribution in [1.29, 1.82) is 0 Å². The summed E-state index contributed by atoms with van der Waals surface area (Å²) in [6.07, 6.45) is 0. The second-order valence-corrected chi connectivity index (χ2v) is 5.42. The maximum absolute atomic E-state index is 10.7. The SMILES string of the molecule is O=[N+]([O-])c1cccc(SNc2ccc3c(c2)B(O)OC3)c1. The molecule has 0 aliphatic carbocycles. The zero-order valence-electron chi connectivity index (χ0n) is 10.9. The van der Waals surface area contributed by atoms with E-state index in [1.165, 1.54) is 24.1 Å². The molecule has 6 nitrogen and oxygen atoms in total. The van der Waals surface area contributed by atoms with Crippen molar-refractivity contribution in [3.63, 3.8) is 0 Å². The Morgan fingerprint density at radius 3 is 3.00 bits per heavy atom. The Bertz CT molecular complexity index is 698. The lowest BCUT2D eigenvalue weighted by Gasteiger charge is -2.07. The molecule has 0 unspecified atom stereocenters. The molecule has 8 heteroatoms. The summed E-state index contributed by atoms with van der Waals surface area (Å²) in [5.74, 6) is 0. The van der Waals surface area contributed by atoms with Crippen LogP contribution in [-0.4, -0.2) is 17.1 Å². The molecule has 0 radical (unpaired) electrons. The van der Waals surface area contributed by atoms with E-state index in [1.54, 1.807) is 12.1 Å². The van der Waals surface area contributed by atoms with Gasteiger partial charge in [0.2, 0.25) is 0 Å². The van der Waals surface area contributed by atoms with E-state index < -0.39 is 12.0 Å². The summed E-state index contributed by atoms with van der Waals surface area (Å²) in [4.78, 5) is 11.0. The number of nitro benzene ring substituents is 1. The molecule has 0 bridgehead atoms. The van der Waals surface area contributed by atoms with E-state index in [0.717, 1.165) is 21.6 Å². The second-order valence-electron chi connectivity index (χ2n) is 4.54. The summed E-state index contributed by atoms with van der Waals surface area (Å²) in [5.41, 5.74) is 2.57. The molecule has 0 saturated heterocycles. The summed E-state index contributed by atoms with van der Waals surface area (Å²) < 4.78 is 8.23. The Labute approximate surface area is 125 Å². The van der Waals surface area contributed by atoms with E-state index in [9.17, 15) is 15.1 Å². The van der Waals surface area contributed by atoms with Crippen LogP contribution in [0.25, 0.3) is 0 Å². The lowest BCUT2D eigenvalue weighted by Crippen LogP contribution is -2.28. The van der Waals surface area contributed by atoms with E-state index in [-0.39, 0.29) is 5.69 Å². The first-order valence-corrected chi connectivity index (χ1v) is 7.05. The maximum atomic E-state index is 10.7. The number of hydrogen-bond donors (Lipinski definition) is 2. The smallest absolute Gasteiger partial charge is 0.423 e. The average Bonchev–Trinajstić information content (AvgIpc) is 2.86. The van der Waals surface area contributed by atoms with Crippen molar-refractivity contribution in [2.75, 3.05) is 4.72 Å². The molecule has 1 aliphatic heterocycles. The number of nitrogens with one attached hydrogen (secondary N) is 1. The van der Waals surface area contributed by atoms with E-state index in [4.69, 9.17) is 4.65 Å². The topological polar surface area (TPSA) is 84.6 Å². The molecule has 0 fully saturated rings. The average molecular weight is 302 g/mol. The number of benzene rings is 2. The van der Waals surface area contributed by atoms with Crippen molar-refractivity contribution in [1.82, 2.24) is 0 Å². The molecule has 0 spiro atoms. The molecule has 2 N–H and O–H groups in total. The highest BCUT2D eigenvalue weighted by molar-refractivity contribution is 8.00. The Kier molecular flexibility index (Phi) is 3.83. The van der Waals surface area contributed by atoms with Crippen LogP contribution in [0.3, 0.4) is 0 Å². The Balaban J connectivity index is 1.72. The van der Waals surface area contributed by atoms with Crippen molar-refractivity contribution in [2.45, 2.75) is 11.5 Å². The highest BCUT2D eigenvalue weighted by atomic mass is 32.2. The van der Waals surface area contributed by atoms with Crippen molar-refractivity contribution in [3.8, 4) is 0 Å². The maximum Gasteiger partial charge on any atom is 0.491 e. The molecule has 0 saturated carbocycles. The van der Waals surface area contributed by atoms with Gasteiger partial charge in [-0.15, -0.1) is 0 Å². The fourth-order valence-corrected chi connectivity index (χ4v) is 2.75. The van der Waals surface area contributed by atoms with Gasteiger partial charge in [-0.1, -0.05) is 12.1 Å². The normalized spacial score (nSPS) is 13.1. The van der Waals surface area contributed by atoms with Crippen LogP contribution in [0, 0.1) is 10.1 Å². The number of nitro groups is 1. The van der Waals surface area contributed by atoms with Crippen molar-refractivity contribution >= 4 is 35.9 Å². The summed E-state index contributed by atoms with van der Waals surface area (Å²) in [6.45, 7) is 0.412. The number of nitrogens with zero attached hydrogens (tertiary/aromatic N) is 1. The van der Waals surface area contributed by atoms with Gasteiger partial charge in [-0.25, -0.2) is 0 Å². The van der Waals surface area contributed by atoms with Crippen LogP contribution < -0.4 is 10.2 Å². The molecule has 2 aromatic carbocycles. The van der Waals surface area contributed by atoms with Gasteiger partial charge in [0, 0.05) is 22.7 Å². The first kappa shape index (κ1) is 13.9. The lowest BCUT2D eigenvalue weighted by atomic mass is 9.79. The highest BCUT2D eigenvalue weighted by Crippen LogP contribution is 2.25. The summed E-state index contributed by atoms with van der Waals surface area (Å²) >= 11 is 1.27. The van der Waals surface area contributed by atoms with E-state index in [2.05, 4.69) is 4.72 Å². The number of fused-ring (bicyclic) bond motifs is 1. The van der Waals surface area contributed by atoms with Gasteiger partial charge in [0.1, 0.15) is 0 Å². The molecular formula is C13H11BN2O4S. The van der Waals surface area contributed by atoms with Crippen LogP contribution in [0.1, 0.15) is 5.56 Å². The molecule has 0 aromatic heterocycles. The lowest BCUT2D eigenvalue weighted by molar-refractivity contribution is -0.385. The summed E-state index contributed by atoms with van der Waals surface area (Å²) in [5, 5.41) is 20.4. The largest absolute Gasteiger partial charge is 0.491 e. The van der Waals surface area contributed by atoms with E-state index in [1.807, 2.05) is 18.2 Å². The molecule has 21 heavy (non-hydrogen) atoms. The molecule has 2 aromatic rings. The Morgan fingerprint density at radius 1 is 1.33 bits per heavy atom. The van der Waals surface area contributed by atoms with Gasteiger partial charge in [-0.2, -0.15) is 0 Å². The van der Waals surface area contributed by atoms with Crippen molar-refractivity contribution < 1.29 is 14.6 Å². The summed E-state index contributed by atoms with van der Waals surface area (Å²) in [7, 11) is -0.885. The third-order valence-electron chi connectivity index (χ3n) is 3.12. The van der Waals surface area contributed by atoms with Gasteiger partial charge in [0.15, 0.2) is 0 Å². The fourth-order valence-electron chi connectivity index (χ4n) is 2.06. The van der Waals surface area contributed by atoms with Crippen molar-refractivity contribution in [3.05, 3.63) is 58.1 Å². The molecule has 3 rings (SSSR count). The first-order valence-electron chi connectivity index (χ1n) is 6.23. The molecule has 1 aliphatic rings. The predicted molar refractivity (Wildman–Crippen MR) is 81.4 cm³/mol. The van der Waals surface area contributed by atoms with Gasteiger partial charge >= 0.3 is 7.12 Å². The molecule has 0 atom stereocenters. The quantitative estimate of drug-likeness (QED) is 0.388. The van der Waals surface area contributed by atoms with E-state index >= 15 is 0 Å². The molecular weight excluding hydrogens is 291 g/mol. The van der Waals surface area contributed by atoms with Crippen LogP contribution in [-0.2, 0) is 11.3 Å². The van der Waals surface area contributed by atoms with E-state index in [0.29, 0.717) is 6.61 Å². The van der Waals surface area contributed by atoms with Gasteiger partial charge in [0.25, 0.3) is 5.69 Å². The monoisotopic (exact) mass is 302 g/mol. The summed E-state index contributed by atoms with van der Waals surface area (Å²) in [6, 6.07) is 12.0. The predicted octanol–water partition coefficient (Wildman–Crippen LogP) is 1.93. The zero-order valence-corrected chi connectivity index (χ0v) is 11.7. The Morgan fingerprint density at radius 2 is 2.19 bits per heavy atom. The van der Waals surface area contributed by atoms with Crippen LogP contribution in [0.5, 0.6) is 0 Å². The van der Waals surface area contributed by atoms with Crippen LogP contribution in [0.2, 0.25) is 0 Å². The Hall–Kier alpha value is -2.03. The van der Waals surface area contributed by atoms with Gasteiger partial charge < -0.3 is 14.4 Å². The number of hydrogen-bond acceptors (Lipinski definition) is 6. The van der Waals surface area contributed by atoms with Crippen LogP contribution >= 0.6 is 11.9 Å². The number of non-ortho nitro benzene ring substituents is 1. The zero-order chi connectivity index (χ0) is 14.8. The van der Waals surface area contributed by atoms with Gasteiger partial charge in [-0.3, -0.25) is 10.1 Å².